The first-order valence-electron chi connectivity index (χ1n) is 15.9. The molecule has 4 nitrogen and oxygen atoms in total. The molecule has 4 heteroatoms. The first-order chi connectivity index (χ1) is 17.4. The van der Waals surface area contributed by atoms with Crippen molar-refractivity contribution in [2.24, 2.45) is 11.3 Å². The molecule has 0 bridgehead atoms. The minimum Gasteiger partial charge on any atom is -0.481 e. The highest BCUT2D eigenvalue weighted by molar-refractivity contribution is 5.74. The number of aliphatic carboxylic acids is 2. The Morgan fingerprint density at radius 1 is 0.583 bits per heavy atom. The molecule has 0 saturated carbocycles. The van der Waals surface area contributed by atoms with Crippen molar-refractivity contribution >= 4 is 11.9 Å². The molecule has 0 fully saturated rings. The summed E-state index contributed by atoms with van der Waals surface area (Å²) in [6, 6.07) is 0. The maximum absolute atomic E-state index is 12.7. The van der Waals surface area contributed by atoms with Crippen LogP contribution in [0, 0.1) is 11.3 Å². The number of carboxylic acid groups (broad SMARTS) is 2. The fourth-order valence-electron chi connectivity index (χ4n) is 5.71. The Morgan fingerprint density at radius 3 is 1.42 bits per heavy atom. The summed E-state index contributed by atoms with van der Waals surface area (Å²) in [4.78, 5) is 23.2. The fraction of sp³-hybridized carbons (Fsp3) is 0.938. The van der Waals surface area contributed by atoms with Gasteiger partial charge in [-0.1, -0.05) is 149 Å². The molecule has 0 saturated heterocycles. The van der Waals surface area contributed by atoms with Gasteiger partial charge in [-0.2, -0.15) is 0 Å². The van der Waals surface area contributed by atoms with Crippen LogP contribution in [-0.2, 0) is 9.59 Å². The largest absolute Gasteiger partial charge is 0.481 e. The Balaban J connectivity index is 4.49. The van der Waals surface area contributed by atoms with Crippen LogP contribution in [-0.4, -0.2) is 22.2 Å². The minimum absolute atomic E-state index is 0.305. The lowest BCUT2D eigenvalue weighted by Gasteiger charge is -2.33. The van der Waals surface area contributed by atoms with Gasteiger partial charge in [-0.15, -0.1) is 0 Å². The van der Waals surface area contributed by atoms with E-state index in [1.54, 1.807) is 0 Å². The van der Waals surface area contributed by atoms with E-state index in [0.29, 0.717) is 12.3 Å². The topological polar surface area (TPSA) is 74.6 Å². The van der Waals surface area contributed by atoms with Gasteiger partial charge in [0.25, 0.3) is 0 Å². The van der Waals surface area contributed by atoms with Gasteiger partial charge in [0.05, 0.1) is 5.41 Å². The van der Waals surface area contributed by atoms with Crippen LogP contribution in [0.2, 0.25) is 0 Å². The van der Waals surface area contributed by atoms with Crippen molar-refractivity contribution in [3.8, 4) is 0 Å². The second-order valence-electron chi connectivity index (χ2n) is 11.5. The third kappa shape index (κ3) is 19.1. The van der Waals surface area contributed by atoms with Crippen molar-refractivity contribution in [1.29, 1.82) is 0 Å². The molecule has 0 rings (SSSR count). The summed E-state index contributed by atoms with van der Waals surface area (Å²) >= 11 is 0. The van der Waals surface area contributed by atoms with E-state index < -0.39 is 17.4 Å². The highest BCUT2D eigenvalue weighted by Gasteiger charge is 2.38. The molecule has 36 heavy (non-hydrogen) atoms. The number of unbranched alkanes of at least 4 members (excludes halogenated alkanes) is 16. The lowest BCUT2D eigenvalue weighted by atomic mass is 9.70. The first kappa shape index (κ1) is 34.9. The van der Waals surface area contributed by atoms with Crippen LogP contribution in [0.3, 0.4) is 0 Å². The average molecular weight is 511 g/mol. The Kier molecular flexibility index (Phi) is 23.6. The van der Waals surface area contributed by atoms with Gasteiger partial charge in [0, 0.05) is 6.42 Å². The molecule has 0 heterocycles. The molecule has 0 aromatic rings. The third-order valence-electron chi connectivity index (χ3n) is 8.23. The highest BCUT2D eigenvalue weighted by atomic mass is 16.4. The zero-order valence-corrected chi connectivity index (χ0v) is 24.5. The van der Waals surface area contributed by atoms with Crippen molar-refractivity contribution in [2.75, 3.05) is 0 Å². The molecular weight excluding hydrogens is 448 g/mol. The summed E-state index contributed by atoms with van der Waals surface area (Å²) in [6.07, 6.45) is 27.6. The van der Waals surface area contributed by atoms with Crippen LogP contribution in [0.15, 0.2) is 0 Å². The van der Waals surface area contributed by atoms with Gasteiger partial charge in [-0.05, 0) is 31.6 Å². The molecule has 1 atom stereocenters. The average Bonchev–Trinajstić information content (AvgIpc) is 2.85. The SMILES string of the molecule is CCCCCCCC(CCCCCCC)(CC(CC)CCCCCCCCCCCC(=O)O)C(=O)O. The van der Waals surface area contributed by atoms with Gasteiger partial charge in [0.1, 0.15) is 0 Å². The van der Waals surface area contributed by atoms with E-state index in [-0.39, 0.29) is 0 Å². The zero-order chi connectivity index (χ0) is 26.9. The molecule has 0 aliphatic carbocycles. The van der Waals surface area contributed by atoms with Crippen LogP contribution in [0.4, 0.5) is 0 Å². The molecule has 214 valence electrons. The van der Waals surface area contributed by atoms with Crippen molar-refractivity contribution in [1.82, 2.24) is 0 Å². The normalized spacial score (nSPS) is 12.6. The summed E-state index contributed by atoms with van der Waals surface area (Å²) in [5.74, 6) is -0.683. The molecule has 0 spiro atoms. The van der Waals surface area contributed by atoms with E-state index in [0.717, 1.165) is 57.8 Å². The third-order valence-corrected chi connectivity index (χ3v) is 8.23. The van der Waals surface area contributed by atoms with Gasteiger partial charge >= 0.3 is 11.9 Å². The zero-order valence-electron chi connectivity index (χ0n) is 24.5. The molecule has 0 aromatic heterocycles. The van der Waals surface area contributed by atoms with E-state index in [1.807, 2.05) is 0 Å². The van der Waals surface area contributed by atoms with Crippen LogP contribution in [0.5, 0.6) is 0 Å². The summed E-state index contributed by atoms with van der Waals surface area (Å²) < 4.78 is 0. The molecule has 2 N–H and O–H groups in total. The summed E-state index contributed by atoms with van der Waals surface area (Å²) in [5, 5.41) is 19.1. The molecule has 0 radical (unpaired) electrons. The Bertz CT molecular complexity index is 502. The Labute approximate surface area is 224 Å². The van der Waals surface area contributed by atoms with Gasteiger partial charge in [-0.25, -0.2) is 0 Å². The number of hydrogen-bond acceptors (Lipinski definition) is 2. The van der Waals surface area contributed by atoms with Crippen LogP contribution < -0.4 is 0 Å². The molecule has 0 amide bonds. The summed E-state index contributed by atoms with van der Waals surface area (Å²) in [6.45, 7) is 6.72. The van der Waals surface area contributed by atoms with Crippen LogP contribution in [0.25, 0.3) is 0 Å². The molecular formula is C32H62O4. The summed E-state index contributed by atoms with van der Waals surface area (Å²) in [5.41, 5.74) is -0.514. The van der Waals surface area contributed by atoms with E-state index >= 15 is 0 Å². The number of rotatable bonds is 28. The lowest BCUT2D eigenvalue weighted by Crippen LogP contribution is -2.33. The quantitative estimate of drug-likeness (QED) is 0.103. The van der Waals surface area contributed by atoms with E-state index in [4.69, 9.17) is 5.11 Å². The first-order valence-corrected chi connectivity index (χ1v) is 15.9. The molecule has 1 unspecified atom stereocenters. The van der Waals surface area contributed by atoms with Gasteiger partial charge < -0.3 is 10.2 Å². The Morgan fingerprint density at radius 2 is 1.00 bits per heavy atom. The number of carbonyl (C=O) groups is 2. The predicted molar refractivity (Wildman–Crippen MR) is 154 cm³/mol. The van der Waals surface area contributed by atoms with Crippen molar-refractivity contribution < 1.29 is 19.8 Å². The standard InChI is InChI=1S/C32H62O4/c1-4-7-9-18-22-26-32(31(35)36,27-23-19-10-8-5-2)28-29(6-3)24-20-16-14-12-11-13-15-17-21-25-30(33)34/h29H,4-28H2,1-3H3,(H,33,34)(H,35,36). The highest BCUT2D eigenvalue weighted by Crippen LogP contribution is 2.41. The van der Waals surface area contributed by atoms with Crippen LogP contribution in [0.1, 0.15) is 181 Å². The van der Waals surface area contributed by atoms with Crippen molar-refractivity contribution in [2.45, 2.75) is 181 Å². The van der Waals surface area contributed by atoms with Gasteiger partial charge in [0.2, 0.25) is 0 Å². The van der Waals surface area contributed by atoms with E-state index in [1.165, 1.54) is 96.3 Å². The maximum Gasteiger partial charge on any atom is 0.309 e. The second-order valence-corrected chi connectivity index (χ2v) is 11.5. The Hall–Kier alpha value is -1.06. The number of carboxylic acids is 2. The fourth-order valence-corrected chi connectivity index (χ4v) is 5.71. The van der Waals surface area contributed by atoms with Crippen molar-refractivity contribution in [3.63, 3.8) is 0 Å². The van der Waals surface area contributed by atoms with Crippen molar-refractivity contribution in [3.05, 3.63) is 0 Å². The van der Waals surface area contributed by atoms with Gasteiger partial charge in [0.15, 0.2) is 0 Å². The molecule has 0 aromatic carbocycles. The minimum atomic E-state index is -0.681. The second kappa shape index (κ2) is 24.3. The molecule has 0 aliphatic rings. The lowest BCUT2D eigenvalue weighted by molar-refractivity contribution is -0.151. The monoisotopic (exact) mass is 510 g/mol. The van der Waals surface area contributed by atoms with E-state index in [2.05, 4.69) is 20.8 Å². The van der Waals surface area contributed by atoms with E-state index in [9.17, 15) is 14.7 Å². The maximum atomic E-state index is 12.7. The smallest absolute Gasteiger partial charge is 0.309 e. The molecule has 0 aliphatic heterocycles. The number of hydrogen-bond donors (Lipinski definition) is 2. The summed E-state index contributed by atoms with van der Waals surface area (Å²) in [7, 11) is 0. The predicted octanol–water partition coefficient (Wildman–Crippen LogP) is 10.6. The van der Waals surface area contributed by atoms with Gasteiger partial charge in [-0.3, -0.25) is 9.59 Å². The van der Waals surface area contributed by atoms with Crippen LogP contribution >= 0.6 is 0 Å².